The van der Waals surface area contributed by atoms with Crippen LogP contribution in [0.3, 0.4) is 0 Å². The first-order valence-electron chi connectivity index (χ1n) is 4.58. The average molecular weight is 182 g/mol. The van der Waals surface area contributed by atoms with Gasteiger partial charge in [-0.3, -0.25) is 0 Å². The first-order valence-corrected chi connectivity index (χ1v) is 4.58. The third kappa shape index (κ3) is 1.91. The minimum absolute atomic E-state index is 0.390. The van der Waals surface area contributed by atoms with Crippen molar-refractivity contribution in [2.75, 3.05) is 0 Å². The van der Waals surface area contributed by atoms with Crippen LogP contribution in [-0.4, -0.2) is 14.7 Å². The highest BCUT2D eigenvalue weighted by Crippen LogP contribution is 2.22. The van der Waals surface area contributed by atoms with Crippen LogP contribution in [0.5, 0.6) is 0 Å². The van der Waals surface area contributed by atoms with Gasteiger partial charge in [-0.05, 0) is 13.8 Å². The van der Waals surface area contributed by atoms with Gasteiger partial charge in [0.15, 0.2) is 0 Å². The lowest BCUT2D eigenvalue weighted by molar-refractivity contribution is 0.0704. The molecule has 0 aliphatic rings. The van der Waals surface area contributed by atoms with E-state index in [2.05, 4.69) is 18.8 Å². The highest BCUT2D eigenvalue weighted by molar-refractivity contribution is 5.13. The number of nitrogens with zero attached hydrogens (tertiary/aromatic N) is 2. The second kappa shape index (κ2) is 3.14. The maximum atomic E-state index is 9.80. The Morgan fingerprint density at radius 1 is 1.46 bits per heavy atom. The molecular formula is C10H18N2O. The smallest absolute Gasteiger partial charge is 0.111 e. The lowest BCUT2D eigenvalue weighted by Crippen LogP contribution is -2.20. The highest BCUT2D eigenvalue weighted by atomic mass is 16.3. The second-order valence-electron chi connectivity index (χ2n) is 4.27. The molecule has 1 N–H and O–H groups in total. The van der Waals surface area contributed by atoms with Crippen molar-refractivity contribution in [1.82, 2.24) is 9.55 Å². The third-order valence-corrected chi connectivity index (χ3v) is 2.17. The Balaban J connectivity index is 3.14. The second-order valence-corrected chi connectivity index (χ2v) is 4.27. The predicted octanol–water partition coefficient (Wildman–Crippen LogP) is 1.77. The molecule has 74 valence electrons. The third-order valence-electron chi connectivity index (χ3n) is 2.17. The molecule has 0 aliphatic carbocycles. The fourth-order valence-corrected chi connectivity index (χ4v) is 1.53. The van der Waals surface area contributed by atoms with Crippen molar-refractivity contribution in [3.05, 3.63) is 17.7 Å². The summed E-state index contributed by atoms with van der Waals surface area (Å²) in [5, 5.41) is 9.80. The van der Waals surface area contributed by atoms with Gasteiger partial charge in [-0.25, -0.2) is 4.98 Å². The highest BCUT2D eigenvalue weighted by Gasteiger charge is 2.22. The van der Waals surface area contributed by atoms with E-state index in [1.165, 1.54) is 0 Å². The summed E-state index contributed by atoms with van der Waals surface area (Å²) in [6.45, 7) is 7.73. The molecule has 1 rings (SSSR count). The van der Waals surface area contributed by atoms with E-state index in [1.54, 1.807) is 20.0 Å². The standard InChI is InChI=1S/C10H18N2O/c1-7(2)9-11-6-8(12(9)5)10(3,4)13/h6-7,13H,1-5H3. The normalized spacial score (nSPS) is 12.5. The molecule has 0 unspecified atom stereocenters. The zero-order chi connectivity index (χ0) is 10.2. The van der Waals surface area contributed by atoms with E-state index in [9.17, 15) is 5.11 Å². The summed E-state index contributed by atoms with van der Waals surface area (Å²) >= 11 is 0. The van der Waals surface area contributed by atoms with E-state index in [4.69, 9.17) is 0 Å². The number of aliphatic hydroxyl groups is 1. The van der Waals surface area contributed by atoms with Gasteiger partial charge in [0.1, 0.15) is 11.4 Å². The van der Waals surface area contributed by atoms with E-state index in [-0.39, 0.29) is 0 Å². The molecule has 0 radical (unpaired) electrons. The molecule has 0 bridgehead atoms. The van der Waals surface area contributed by atoms with E-state index in [0.717, 1.165) is 11.5 Å². The van der Waals surface area contributed by atoms with Crippen LogP contribution < -0.4 is 0 Å². The minimum Gasteiger partial charge on any atom is -0.384 e. The molecule has 0 aliphatic heterocycles. The largest absolute Gasteiger partial charge is 0.384 e. The molecule has 0 fully saturated rings. The SMILES string of the molecule is CC(C)c1ncc(C(C)(C)O)n1C. The van der Waals surface area contributed by atoms with Crippen molar-refractivity contribution < 1.29 is 5.11 Å². The van der Waals surface area contributed by atoms with Crippen molar-refractivity contribution in [2.24, 2.45) is 7.05 Å². The minimum atomic E-state index is -0.811. The number of hydrogen-bond acceptors (Lipinski definition) is 2. The van der Waals surface area contributed by atoms with Gasteiger partial charge in [-0.15, -0.1) is 0 Å². The Labute approximate surface area is 79.4 Å². The Kier molecular flexibility index (Phi) is 2.48. The summed E-state index contributed by atoms with van der Waals surface area (Å²) in [7, 11) is 1.94. The van der Waals surface area contributed by atoms with Gasteiger partial charge in [0.2, 0.25) is 0 Å². The Morgan fingerprint density at radius 2 is 2.00 bits per heavy atom. The summed E-state index contributed by atoms with van der Waals surface area (Å²) in [6.07, 6.45) is 1.75. The quantitative estimate of drug-likeness (QED) is 0.757. The molecule has 13 heavy (non-hydrogen) atoms. The Bertz CT molecular complexity index is 294. The molecule has 3 nitrogen and oxygen atoms in total. The molecule has 0 saturated heterocycles. The van der Waals surface area contributed by atoms with Crippen LogP contribution in [0.2, 0.25) is 0 Å². The van der Waals surface area contributed by atoms with Crippen LogP contribution in [-0.2, 0) is 12.6 Å². The van der Waals surface area contributed by atoms with Gasteiger partial charge in [-0.1, -0.05) is 13.8 Å². The first-order chi connectivity index (χ1) is 5.84. The number of hydrogen-bond donors (Lipinski definition) is 1. The molecule has 0 spiro atoms. The monoisotopic (exact) mass is 182 g/mol. The average Bonchev–Trinajstić information content (AvgIpc) is 2.28. The van der Waals surface area contributed by atoms with E-state index < -0.39 is 5.60 Å². The zero-order valence-corrected chi connectivity index (χ0v) is 9.00. The summed E-state index contributed by atoms with van der Waals surface area (Å²) in [5.74, 6) is 1.40. The van der Waals surface area contributed by atoms with E-state index >= 15 is 0 Å². The Morgan fingerprint density at radius 3 is 2.23 bits per heavy atom. The van der Waals surface area contributed by atoms with Crippen molar-refractivity contribution in [1.29, 1.82) is 0 Å². The number of imidazole rings is 1. The molecule has 1 heterocycles. The molecule has 0 aromatic carbocycles. The fraction of sp³-hybridized carbons (Fsp3) is 0.700. The summed E-state index contributed by atoms with van der Waals surface area (Å²) in [5.41, 5.74) is 0.0470. The van der Waals surface area contributed by atoms with Crippen LogP contribution in [0.15, 0.2) is 6.20 Å². The van der Waals surface area contributed by atoms with Crippen molar-refractivity contribution in [3.63, 3.8) is 0 Å². The summed E-state index contributed by atoms with van der Waals surface area (Å²) < 4.78 is 1.96. The van der Waals surface area contributed by atoms with Crippen LogP contribution >= 0.6 is 0 Å². The predicted molar refractivity (Wildman–Crippen MR) is 52.5 cm³/mol. The fourth-order valence-electron chi connectivity index (χ4n) is 1.53. The molecule has 0 saturated carbocycles. The maximum Gasteiger partial charge on any atom is 0.111 e. The van der Waals surface area contributed by atoms with Crippen LogP contribution in [0.1, 0.15) is 45.1 Å². The molecule has 0 atom stereocenters. The van der Waals surface area contributed by atoms with Crippen LogP contribution in [0, 0.1) is 0 Å². The van der Waals surface area contributed by atoms with Gasteiger partial charge >= 0.3 is 0 Å². The van der Waals surface area contributed by atoms with Crippen molar-refractivity contribution in [2.45, 2.75) is 39.2 Å². The number of rotatable bonds is 2. The Hall–Kier alpha value is -0.830. The topological polar surface area (TPSA) is 38.1 Å². The van der Waals surface area contributed by atoms with Gasteiger partial charge in [0.05, 0.1) is 11.9 Å². The summed E-state index contributed by atoms with van der Waals surface area (Å²) in [6, 6.07) is 0. The van der Waals surface area contributed by atoms with E-state index in [0.29, 0.717) is 5.92 Å². The van der Waals surface area contributed by atoms with Crippen LogP contribution in [0.25, 0.3) is 0 Å². The van der Waals surface area contributed by atoms with Crippen molar-refractivity contribution >= 4 is 0 Å². The molecular weight excluding hydrogens is 164 g/mol. The van der Waals surface area contributed by atoms with Crippen LogP contribution in [0.4, 0.5) is 0 Å². The zero-order valence-electron chi connectivity index (χ0n) is 9.00. The van der Waals surface area contributed by atoms with Crippen molar-refractivity contribution in [3.8, 4) is 0 Å². The molecule has 1 aromatic heterocycles. The van der Waals surface area contributed by atoms with Gasteiger partial charge in [-0.2, -0.15) is 0 Å². The van der Waals surface area contributed by atoms with Gasteiger partial charge in [0.25, 0.3) is 0 Å². The van der Waals surface area contributed by atoms with Gasteiger partial charge < -0.3 is 9.67 Å². The molecule has 1 aromatic rings. The lowest BCUT2D eigenvalue weighted by Gasteiger charge is -2.18. The molecule has 0 amide bonds. The first kappa shape index (κ1) is 10.3. The van der Waals surface area contributed by atoms with Gasteiger partial charge in [0, 0.05) is 13.0 Å². The lowest BCUT2D eigenvalue weighted by atomic mass is 10.1. The number of aromatic nitrogens is 2. The summed E-state index contributed by atoms with van der Waals surface area (Å²) in [4.78, 5) is 4.28. The molecule has 3 heteroatoms. The van der Waals surface area contributed by atoms with E-state index in [1.807, 2.05) is 11.6 Å². The maximum absolute atomic E-state index is 9.80.